The molecule has 2 atom stereocenters. The van der Waals surface area contributed by atoms with Gasteiger partial charge in [0.2, 0.25) is 0 Å². The second-order valence-electron chi connectivity index (χ2n) is 6.51. The molecule has 10 heteroatoms. The summed E-state index contributed by atoms with van der Waals surface area (Å²) in [5, 5.41) is 13.5. The fourth-order valence-electron chi connectivity index (χ4n) is 3.96. The Labute approximate surface area is 167 Å². The Morgan fingerprint density at radius 3 is 2.70 bits per heavy atom. The van der Waals surface area contributed by atoms with Crippen molar-refractivity contribution in [1.29, 1.82) is 5.26 Å². The lowest BCUT2D eigenvalue weighted by Crippen LogP contribution is -2.21. The molecule has 142 valence electrons. The van der Waals surface area contributed by atoms with Gasteiger partial charge < -0.3 is 0 Å². The first kappa shape index (κ1) is 20.0. The number of halogens is 2. The van der Waals surface area contributed by atoms with Crippen LogP contribution in [0.15, 0.2) is 18.3 Å². The predicted molar refractivity (Wildman–Crippen MR) is 110 cm³/mol. The van der Waals surface area contributed by atoms with E-state index in [-0.39, 0.29) is 43.0 Å². The maximum Gasteiger partial charge on any atom is 0.278 e. The minimum Gasteiger partial charge on any atom is -0.228 e. The van der Waals surface area contributed by atoms with Crippen molar-refractivity contribution in [3.63, 3.8) is 0 Å². The summed E-state index contributed by atoms with van der Waals surface area (Å²) in [4.78, 5) is 4.68. The zero-order valence-electron chi connectivity index (χ0n) is 15.4. The highest BCUT2D eigenvalue weighted by molar-refractivity contribution is 8.13. The van der Waals surface area contributed by atoms with E-state index in [1.165, 1.54) is 4.52 Å². The normalized spacial score (nSPS) is 20.7. The lowest BCUT2D eigenvalue weighted by atomic mass is 9.36. The number of rotatable bonds is 4. The minimum atomic E-state index is -0.210. The molecule has 0 aliphatic carbocycles. The van der Waals surface area contributed by atoms with Crippen molar-refractivity contribution in [2.45, 2.75) is 51.7 Å². The van der Waals surface area contributed by atoms with Crippen molar-refractivity contribution in [1.82, 2.24) is 14.6 Å². The van der Waals surface area contributed by atoms with Crippen LogP contribution in [0.4, 0.5) is 13.6 Å². The van der Waals surface area contributed by atoms with E-state index >= 15 is 0 Å². The summed E-state index contributed by atoms with van der Waals surface area (Å²) in [6.07, 6.45) is 6.58. The zero-order chi connectivity index (χ0) is 19.6. The van der Waals surface area contributed by atoms with E-state index in [9.17, 15) is 13.0 Å². The third kappa shape index (κ3) is 3.55. The summed E-state index contributed by atoms with van der Waals surface area (Å²) < 4.78 is 28.6. The zero-order valence-corrected chi connectivity index (χ0v) is 17.0. The Balaban J connectivity index is 0.00000102. The number of allylic oxidation sites excluding steroid dienone is 2. The van der Waals surface area contributed by atoms with E-state index < -0.39 is 0 Å². The molecule has 2 unspecified atom stereocenters. The summed E-state index contributed by atoms with van der Waals surface area (Å²) >= 11 is -0.420. The average molecular weight is 407 g/mol. The molecule has 2 aromatic rings. The van der Waals surface area contributed by atoms with Gasteiger partial charge in [0.15, 0.2) is 36.1 Å². The summed E-state index contributed by atoms with van der Waals surface area (Å²) in [5.74, 6) is 3.29. The number of aryl methyl sites for hydroxylation is 1. The van der Waals surface area contributed by atoms with Gasteiger partial charge in [0.1, 0.15) is 0 Å². The SMILES string of the molecule is CC.Cc1cnn2c(N(SF)SF)cc(C3=CC4CCC(C3)B4C#N)nc12. The molecule has 0 aromatic carbocycles. The molecule has 4 rings (SSSR count). The lowest BCUT2D eigenvalue weighted by molar-refractivity contribution is 0.773. The van der Waals surface area contributed by atoms with Crippen LogP contribution in [0, 0.1) is 18.2 Å². The van der Waals surface area contributed by atoms with Crippen molar-refractivity contribution < 1.29 is 7.77 Å². The molecule has 0 amide bonds. The van der Waals surface area contributed by atoms with Crippen LogP contribution in [0.25, 0.3) is 11.2 Å². The highest BCUT2D eigenvalue weighted by Crippen LogP contribution is 2.50. The standard InChI is InChI=1S/C15H14BF2N5S2.C2H6/c1-9-7-20-22-14(23(24-17)25-18)6-13(21-15(9)22)10-4-11-2-3-12(5-10)16(11)8-19;1-2/h4,6-7,11-12H,2-3,5H2,1H3;1-2H3. The van der Waals surface area contributed by atoms with Crippen molar-refractivity contribution >= 4 is 48.4 Å². The second-order valence-corrected chi connectivity index (χ2v) is 7.75. The molecule has 0 radical (unpaired) electrons. The smallest absolute Gasteiger partial charge is 0.228 e. The monoisotopic (exact) mass is 407 g/mol. The number of anilines is 1. The van der Waals surface area contributed by atoms with Crippen molar-refractivity contribution in [2.75, 3.05) is 3.71 Å². The first-order chi connectivity index (χ1) is 13.2. The van der Waals surface area contributed by atoms with Gasteiger partial charge in [-0.25, -0.2) is 10.2 Å². The molecule has 0 saturated carbocycles. The van der Waals surface area contributed by atoms with E-state index in [1.54, 1.807) is 12.3 Å². The lowest BCUT2D eigenvalue weighted by Gasteiger charge is -2.22. The van der Waals surface area contributed by atoms with Crippen LogP contribution in [0.5, 0.6) is 0 Å². The Morgan fingerprint density at radius 2 is 2.07 bits per heavy atom. The number of aromatic nitrogens is 3. The van der Waals surface area contributed by atoms with E-state index in [4.69, 9.17) is 0 Å². The average Bonchev–Trinajstić information content (AvgIpc) is 3.20. The van der Waals surface area contributed by atoms with Crippen LogP contribution < -0.4 is 3.71 Å². The molecule has 5 nitrogen and oxygen atoms in total. The molecule has 1 fully saturated rings. The Morgan fingerprint density at radius 1 is 1.33 bits per heavy atom. The van der Waals surface area contributed by atoms with Crippen LogP contribution in [-0.2, 0) is 0 Å². The number of fused-ring (bicyclic) bond motifs is 3. The number of hydrogen-bond acceptors (Lipinski definition) is 6. The van der Waals surface area contributed by atoms with Gasteiger partial charge in [0.05, 0.1) is 11.9 Å². The maximum absolute atomic E-state index is 13.2. The summed E-state index contributed by atoms with van der Waals surface area (Å²) in [5.41, 5.74) is 3.17. The van der Waals surface area contributed by atoms with E-state index in [0.717, 1.165) is 34.1 Å². The van der Waals surface area contributed by atoms with Crippen LogP contribution in [-0.4, -0.2) is 21.3 Å². The van der Waals surface area contributed by atoms with Gasteiger partial charge in [-0.2, -0.15) is 13.3 Å². The van der Waals surface area contributed by atoms with Crippen LogP contribution in [0.2, 0.25) is 11.6 Å². The van der Waals surface area contributed by atoms with Gasteiger partial charge >= 0.3 is 0 Å². The van der Waals surface area contributed by atoms with Crippen LogP contribution in [0.3, 0.4) is 0 Å². The maximum atomic E-state index is 13.2. The largest absolute Gasteiger partial charge is 0.278 e. The number of hydrogen-bond donors (Lipinski definition) is 0. The molecule has 2 aliphatic heterocycles. The predicted octanol–water partition coefficient (Wildman–Crippen LogP) is 5.81. The number of nitrogens with zero attached hydrogens (tertiary/aromatic N) is 5. The van der Waals surface area contributed by atoms with Crippen molar-refractivity contribution in [3.8, 4) is 5.97 Å². The summed E-state index contributed by atoms with van der Waals surface area (Å²) in [7, 11) is 0. The highest BCUT2D eigenvalue weighted by atomic mass is 32.3. The fraction of sp³-hybridized carbons (Fsp3) is 0.471. The van der Waals surface area contributed by atoms with Crippen molar-refractivity contribution in [3.05, 3.63) is 29.6 Å². The van der Waals surface area contributed by atoms with Gasteiger partial charge in [0, 0.05) is 17.6 Å². The Hall–Kier alpha value is -1.73. The van der Waals surface area contributed by atoms with E-state index in [2.05, 4.69) is 22.1 Å². The molecular formula is C17H20BF2N5S2. The first-order valence-corrected chi connectivity index (χ1v) is 10.3. The molecule has 2 bridgehead atoms. The molecule has 4 heterocycles. The topological polar surface area (TPSA) is 57.2 Å². The molecule has 0 N–H and O–H groups in total. The molecule has 1 saturated heterocycles. The Bertz CT molecular complexity index is 893. The van der Waals surface area contributed by atoms with Gasteiger partial charge in [-0.1, -0.05) is 32.8 Å². The minimum absolute atomic E-state index is 0.0722. The molecular weight excluding hydrogens is 387 g/mol. The third-order valence-corrected chi connectivity index (χ3v) is 6.12. The molecule has 27 heavy (non-hydrogen) atoms. The Kier molecular flexibility index (Phi) is 6.32. The fourth-order valence-corrected chi connectivity index (χ4v) is 4.45. The molecule has 2 aliphatic rings. The van der Waals surface area contributed by atoms with Gasteiger partial charge in [0.25, 0.3) is 6.71 Å². The molecule has 0 spiro atoms. The quantitative estimate of drug-likeness (QED) is 0.471. The van der Waals surface area contributed by atoms with E-state index in [1.807, 2.05) is 20.8 Å². The van der Waals surface area contributed by atoms with Gasteiger partial charge in [-0.3, -0.25) is 0 Å². The van der Waals surface area contributed by atoms with Gasteiger partial charge in [-0.05, 0) is 30.6 Å². The third-order valence-electron chi connectivity index (χ3n) is 5.16. The van der Waals surface area contributed by atoms with Crippen LogP contribution >= 0.6 is 24.7 Å². The van der Waals surface area contributed by atoms with Crippen molar-refractivity contribution in [2.24, 2.45) is 0 Å². The van der Waals surface area contributed by atoms with Crippen LogP contribution in [0.1, 0.15) is 44.4 Å². The van der Waals surface area contributed by atoms with Gasteiger partial charge in [-0.15, -0.1) is 7.77 Å². The molecule has 2 aromatic heterocycles. The summed E-state index contributed by atoms with van der Waals surface area (Å²) in [6.45, 7) is 5.94. The second kappa shape index (κ2) is 8.53. The van der Waals surface area contributed by atoms with E-state index in [0.29, 0.717) is 17.2 Å². The number of nitriles is 1. The first-order valence-electron chi connectivity index (χ1n) is 9.00. The highest BCUT2D eigenvalue weighted by Gasteiger charge is 2.43. The summed E-state index contributed by atoms with van der Waals surface area (Å²) in [6, 6.07) is 1.66.